The standard InChI is InChI=1S/C13H17N3O3S/c1-7(2)15-12(17)8(3)20(18)13-16-10-6-9(14)4-5-11(10)19-13/h4-8H,14H2,1-3H3,(H,15,17). The molecule has 0 radical (unpaired) electrons. The van der Waals surface area contributed by atoms with E-state index in [0.717, 1.165) is 0 Å². The number of nitrogen functional groups attached to an aromatic ring is 1. The second kappa shape index (κ2) is 5.62. The number of nitrogens with zero attached hydrogens (tertiary/aromatic N) is 1. The minimum atomic E-state index is -1.64. The molecule has 108 valence electrons. The number of anilines is 1. The average Bonchev–Trinajstić information content (AvgIpc) is 2.78. The summed E-state index contributed by atoms with van der Waals surface area (Å²) in [7, 11) is -1.64. The number of benzene rings is 1. The number of amides is 1. The number of nitrogens with one attached hydrogen (secondary N) is 1. The molecule has 6 nitrogen and oxygen atoms in total. The quantitative estimate of drug-likeness (QED) is 0.831. The number of carbonyl (C=O) groups is 1. The van der Waals surface area contributed by atoms with Crippen LogP contribution in [0.3, 0.4) is 0 Å². The van der Waals surface area contributed by atoms with Crippen LogP contribution in [0.5, 0.6) is 0 Å². The number of fused-ring (bicyclic) bond motifs is 1. The van der Waals surface area contributed by atoms with Gasteiger partial charge in [0, 0.05) is 11.7 Å². The molecule has 0 aliphatic heterocycles. The monoisotopic (exact) mass is 295 g/mol. The fraction of sp³-hybridized carbons (Fsp3) is 0.385. The molecule has 3 N–H and O–H groups in total. The molecule has 0 aliphatic carbocycles. The highest BCUT2D eigenvalue weighted by Gasteiger charge is 2.26. The molecule has 2 rings (SSSR count). The summed E-state index contributed by atoms with van der Waals surface area (Å²) in [4.78, 5) is 16.0. The first-order valence-electron chi connectivity index (χ1n) is 6.25. The van der Waals surface area contributed by atoms with Crippen molar-refractivity contribution in [2.45, 2.75) is 37.3 Å². The summed E-state index contributed by atoms with van der Waals surface area (Å²) < 4.78 is 17.7. The van der Waals surface area contributed by atoms with Crippen molar-refractivity contribution in [3.05, 3.63) is 18.2 Å². The summed E-state index contributed by atoms with van der Waals surface area (Å²) in [6, 6.07) is 4.97. The molecule has 2 aromatic rings. The summed E-state index contributed by atoms with van der Waals surface area (Å²) >= 11 is 0. The van der Waals surface area contributed by atoms with Gasteiger partial charge in [0.25, 0.3) is 5.22 Å². The smallest absolute Gasteiger partial charge is 0.288 e. The summed E-state index contributed by atoms with van der Waals surface area (Å²) in [6.07, 6.45) is 0. The van der Waals surface area contributed by atoms with Gasteiger partial charge < -0.3 is 15.5 Å². The Morgan fingerprint density at radius 1 is 1.40 bits per heavy atom. The largest absolute Gasteiger partial charge is 0.430 e. The Bertz CT molecular complexity index is 666. The van der Waals surface area contributed by atoms with Crippen LogP contribution in [-0.4, -0.2) is 26.4 Å². The molecule has 20 heavy (non-hydrogen) atoms. The van der Waals surface area contributed by atoms with Crippen LogP contribution >= 0.6 is 0 Å². The van der Waals surface area contributed by atoms with Gasteiger partial charge in [-0.3, -0.25) is 4.79 Å². The molecule has 0 spiro atoms. The van der Waals surface area contributed by atoms with Crippen molar-refractivity contribution in [3.8, 4) is 0 Å². The molecule has 1 aromatic carbocycles. The zero-order chi connectivity index (χ0) is 14.9. The first-order chi connectivity index (χ1) is 9.38. The van der Waals surface area contributed by atoms with Gasteiger partial charge in [0.1, 0.15) is 21.6 Å². The van der Waals surface area contributed by atoms with E-state index in [1.165, 1.54) is 0 Å². The number of nitrogens with two attached hydrogens (primary N) is 1. The minimum Gasteiger partial charge on any atom is -0.430 e. The van der Waals surface area contributed by atoms with Gasteiger partial charge in [-0.1, -0.05) is 0 Å². The van der Waals surface area contributed by atoms with E-state index in [-0.39, 0.29) is 17.2 Å². The van der Waals surface area contributed by atoms with Gasteiger partial charge in [-0.2, -0.15) is 0 Å². The predicted octanol–water partition coefficient (Wildman–Crippen LogP) is 1.43. The van der Waals surface area contributed by atoms with Crippen LogP contribution in [0.4, 0.5) is 5.69 Å². The lowest BCUT2D eigenvalue weighted by atomic mass is 10.3. The van der Waals surface area contributed by atoms with E-state index in [1.807, 2.05) is 13.8 Å². The van der Waals surface area contributed by atoms with E-state index in [2.05, 4.69) is 10.3 Å². The normalized spacial score (nSPS) is 14.4. The highest BCUT2D eigenvalue weighted by molar-refractivity contribution is 7.86. The van der Waals surface area contributed by atoms with Crippen LogP contribution in [0.15, 0.2) is 27.8 Å². The molecule has 0 saturated carbocycles. The van der Waals surface area contributed by atoms with Gasteiger partial charge in [0.05, 0.1) is 0 Å². The zero-order valence-electron chi connectivity index (χ0n) is 11.5. The summed E-state index contributed by atoms with van der Waals surface area (Å²) in [5, 5.41) is 2.02. The lowest BCUT2D eigenvalue weighted by molar-refractivity contribution is -0.120. The molecule has 0 bridgehead atoms. The summed E-state index contributed by atoms with van der Waals surface area (Å²) in [5.41, 5.74) is 7.23. The van der Waals surface area contributed by atoms with E-state index >= 15 is 0 Å². The van der Waals surface area contributed by atoms with Crippen LogP contribution in [0, 0.1) is 0 Å². The van der Waals surface area contributed by atoms with Crippen molar-refractivity contribution in [2.75, 3.05) is 5.73 Å². The van der Waals surface area contributed by atoms with E-state index in [9.17, 15) is 9.00 Å². The van der Waals surface area contributed by atoms with Crippen molar-refractivity contribution >= 4 is 33.5 Å². The lowest BCUT2D eigenvalue weighted by Gasteiger charge is -2.12. The Morgan fingerprint density at radius 2 is 2.10 bits per heavy atom. The molecule has 2 unspecified atom stereocenters. The second-order valence-corrected chi connectivity index (χ2v) is 6.46. The Morgan fingerprint density at radius 3 is 2.75 bits per heavy atom. The van der Waals surface area contributed by atoms with Crippen molar-refractivity contribution in [1.82, 2.24) is 10.3 Å². The number of hydrogen-bond acceptors (Lipinski definition) is 5. The Kier molecular flexibility index (Phi) is 4.08. The molecule has 0 aliphatic rings. The Labute approximate surface area is 119 Å². The summed E-state index contributed by atoms with van der Waals surface area (Å²) in [5.74, 6) is -0.292. The van der Waals surface area contributed by atoms with Gasteiger partial charge in [0.2, 0.25) is 5.91 Å². The average molecular weight is 295 g/mol. The maximum Gasteiger partial charge on any atom is 0.288 e. The third-order valence-electron chi connectivity index (χ3n) is 2.69. The fourth-order valence-electron chi connectivity index (χ4n) is 1.66. The van der Waals surface area contributed by atoms with Gasteiger partial charge >= 0.3 is 0 Å². The van der Waals surface area contributed by atoms with Crippen LogP contribution < -0.4 is 11.1 Å². The van der Waals surface area contributed by atoms with Crippen molar-refractivity contribution in [1.29, 1.82) is 0 Å². The van der Waals surface area contributed by atoms with Gasteiger partial charge in [-0.25, -0.2) is 9.19 Å². The predicted molar refractivity (Wildman–Crippen MR) is 77.6 cm³/mol. The molecule has 1 amide bonds. The fourth-order valence-corrected chi connectivity index (χ4v) is 2.58. The molecular weight excluding hydrogens is 278 g/mol. The van der Waals surface area contributed by atoms with E-state index in [4.69, 9.17) is 10.2 Å². The lowest BCUT2D eigenvalue weighted by Crippen LogP contribution is -2.39. The topological polar surface area (TPSA) is 98.2 Å². The zero-order valence-corrected chi connectivity index (χ0v) is 12.4. The molecular formula is C13H17N3O3S. The number of oxazole rings is 1. The molecule has 0 saturated heterocycles. The highest BCUT2D eigenvalue weighted by Crippen LogP contribution is 2.21. The van der Waals surface area contributed by atoms with Crippen LogP contribution in [-0.2, 0) is 15.6 Å². The SMILES string of the molecule is CC(C)NC(=O)C(C)S(=O)c1nc2cc(N)ccc2o1. The molecule has 0 fully saturated rings. The maximum atomic E-state index is 12.3. The minimum absolute atomic E-state index is 0.00891. The van der Waals surface area contributed by atoms with E-state index in [1.54, 1.807) is 25.1 Å². The molecule has 1 aromatic heterocycles. The molecule has 7 heteroatoms. The Balaban J connectivity index is 2.24. The first kappa shape index (κ1) is 14.5. The van der Waals surface area contributed by atoms with Crippen LogP contribution in [0.2, 0.25) is 0 Å². The third-order valence-corrected chi connectivity index (χ3v) is 4.06. The molecule has 1 heterocycles. The van der Waals surface area contributed by atoms with Crippen molar-refractivity contribution in [2.24, 2.45) is 0 Å². The number of rotatable bonds is 4. The van der Waals surface area contributed by atoms with Gasteiger partial charge in [0.15, 0.2) is 5.58 Å². The number of aromatic nitrogens is 1. The number of hydrogen-bond donors (Lipinski definition) is 2. The molecule has 2 atom stereocenters. The van der Waals surface area contributed by atoms with E-state index in [0.29, 0.717) is 16.8 Å². The van der Waals surface area contributed by atoms with E-state index < -0.39 is 16.0 Å². The van der Waals surface area contributed by atoms with Crippen LogP contribution in [0.1, 0.15) is 20.8 Å². The van der Waals surface area contributed by atoms with Crippen LogP contribution in [0.25, 0.3) is 11.1 Å². The van der Waals surface area contributed by atoms with Crippen molar-refractivity contribution < 1.29 is 13.4 Å². The maximum absolute atomic E-state index is 12.3. The van der Waals surface area contributed by atoms with Crippen molar-refractivity contribution in [3.63, 3.8) is 0 Å². The summed E-state index contributed by atoms with van der Waals surface area (Å²) in [6.45, 7) is 5.27. The number of carbonyl (C=O) groups excluding carboxylic acids is 1. The van der Waals surface area contributed by atoms with Gasteiger partial charge in [-0.05, 0) is 39.0 Å². The third kappa shape index (κ3) is 2.98. The van der Waals surface area contributed by atoms with Gasteiger partial charge in [-0.15, -0.1) is 0 Å². The highest BCUT2D eigenvalue weighted by atomic mass is 32.2. The second-order valence-electron chi connectivity index (χ2n) is 4.81. The Hall–Kier alpha value is -1.89. The first-order valence-corrected chi connectivity index (χ1v) is 7.47.